The van der Waals surface area contributed by atoms with Gasteiger partial charge in [-0.3, -0.25) is 4.79 Å². The van der Waals surface area contributed by atoms with Gasteiger partial charge in [0.05, 0.1) is 7.11 Å². The van der Waals surface area contributed by atoms with E-state index in [0.29, 0.717) is 6.42 Å². The molecule has 0 unspecified atom stereocenters. The molecule has 0 saturated heterocycles. The molecule has 0 radical (unpaired) electrons. The second-order valence-electron chi connectivity index (χ2n) is 4.85. The molecular formula is C17H16O2. The predicted molar refractivity (Wildman–Crippen MR) is 75.0 cm³/mol. The van der Waals surface area contributed by atoms with Crippen LogP contribution in [0.1, 0.15) is 23.1 Å². The molecule has 0 heterocycles. The van der Waals surface area contributed by atoms with Crippen LogP contribution >= 0.6 is 0 Å². The van der Waals surface area contributed by atoms with Crippen molar-refractivity contribution in [3.8, 4) is 11.1 Å². The van der Waals surface area contributed by atoms with Gasteiger partial charge in [-0.25, -0.2) is 0 Å². The van der Waals surface area contributed by atoms with Crippen LogP contribution in [-0.2, 0) is 22.4 Å². The Labute approximate surface area is 113 Å². The lowest BCUT2D eigenvalue weighted by Gasteiger charge is -2.07. The van der Waals surface area contributed by atoms with Crippen LogP contribution in [0.5, 0.6) is 0 Å². The number of benzene rings is 2. The van der Waals surface area contributed by atoms with Gasteiger partial charge in [-0.15, -0.1) is 0 Å². The molecule has 0 aliphatic heterocycles. The smallest absolute Gasteiger partial charge is 0.305 e. The van der Waals surface area contributed by atoms with E-state index in [1.54, 1.807) is 0 Å². The second kappa shape index (κ2) is 4.88. The monoisotopic (exact) mass is 252 g/mol. The van der Waals surface area contributed by atoms with Crippen LogP contribution in [0, 0.1) is 0 Å². The van der Waals surface area contributed by atoms with E-state index in [-0.39, 0.29) is 5.97 Å². The van der Waals surface area contributed by atoms with Crippen LogP contribution in [0.2, 0.25) is 0 Å². The summed E-state index contributed by atoms with van der Waals surface area (Å²) in [4.78, 5) is 11.3. The highest BCUT2D eigenvalue weighted by Crippen LogP contribution is 2.38. The summed E-state index contributed by atoms with van der Waals surface area (Å²) in [7, 11) is 1.44. The normalized spacial score (nSPS) is 11.8. The molecule has 2 aromatic rings. The van der Waals surface area contributed by atoms with Gasteiger partial charge < -0.3 is 4.74 Å². The van der Waals surface area contributed by atoms with Gasteiger partial charge in [-0.2, -0.15) is 0 Å². The number of rotatable bonds is 3. The molecule has 0 bridgehead atoms. The van der Waals surface area contributed by atoms with Crippen LogP contribution in [0.3, 0.4) is 0 Å². The molecule has 2 nitrogen and oxygen atoms in total. The summed E-state index contributed by atoms with van der Waals surface area (Å²) in [5.41, 5.74) is 6.66. The molecule has 3 rings (SSSR count). The SMILES string of the molecule is COC(=O)CCc1cccc2c1Cc1ccccc1-2. The van der Waals surface area contributed by atoms with Crippen molar-refractivity contribution in [2.45, 2.75) is 19.3 Å². The average molecular weight is 252 g/mol. The van der Waals surface area contributed by atoms with Gasteiger partial charge in [0, 0.05) is 6.42 Å². The maximum absolute atomic E-state index is 11.3. The number of hydrogen-bond acceptors (Lipinski definition) is 2. The number of carbonyl (C=O) groups excluding carboxylic acids is 1. The fraction of sp³-hybridized carbons (Fsp3) is 0.235. The zero-order valence-corrected chi connectivity index (χ0v) is 11.0. The van der Waals surface area contributed by atoms with Gasteiger partial charge >= 0.3 is 5.97 Å². The highest BCUT2D eigenvalue weighted by atomic mass is 16.5. The lowest BCUT2D eigenvalue weighted by Crippen LogP contribution is -2.03. The predicted octanol–water partition coefficient (Wildman–Crippen LogP) is 3.36. The molecule has 1 aliphatic carbocycles. The van der Waals surface area contributed by atoms with Crippen molar-refractivity contribution >= 4 is 5.97 Å². The fourth-order valence-corrected chi connectivity index (χ4v) is 2.80. The molecule has 0 spiro atoms. The molecule has 2 heteroatoms. The van der Waals surface area contributed by atoms with E-state index in [2.05, 4.69) is 42.5 Å². The van der Waals surface area contributed by atoms with Gasteiger partial charge in [0.25, 0.3) is 0 Å². The lowest BCUT2D eigenvalue weighted by atomic mass is 9.98. The number of carbonyl (C=O) groups is 1. The Balaban J connectivity index is 1.92. The minimum absolute atomic E-state index is 0.145. The Kier molecular flexibility index (Phi) is 3.08. The summed E-state index contributed by atoms with van der Waals surface area (Å²) in [6.07, 6.45) is 2.18. The van der Waals surface area contributed by atoms with Gasteiger partial charge in [0.15, 0.2) is 0 Å². The van der Waals surface area contributed by atoms with Gasteiger partial charge in [0.2, 0.25) is 0 Å². The van der Waals surface area contributed by atoms with Crippen molar-refractivity contribution < 1.29 is 9.53 Å². The molecule has 0 N–H and O–H groups in total. The summed E-state index contributed by atoms with van der Waals surface area (Å²) in [5, 5.41) is 0. The first-order valence-corrected chi connectivity index (χ1v) is 6.55. The van der Waals surface area contributed by atoms with Crippen LogP contribution in [0.25, 0.3) is 11.1 Å². The quantitative estimate of drug-likeness (QED) is 0.668. The molecule has 0 aromatic heterocycles. The molecule has 2 aromatic carbocycles. The van der Waals surface area contributed by atoms with Crippen LogP contribution in [-0.4, -0.2) is 13.1 Å². The zero-order chi connectivity index (χ0) is 13.2. The summed E-state index contributed by atoms with van der Waals surface area (Å²) in [6.45, 7) is 0. The Morgan fingerprint density at radius 3 is 2.74 bits per heavy atom. The lowest BCUT2D eigenvalue weighted by molar-refractivity contribution is -0.140. The van der Waals surface area contributed by atoms with E-state index in [9.17, 15) is 4.79 Å². The van der Waals surface area contributed by atoms with Crippen molar-refractivity contribution in [2.24, 2.45) is 0 Å². The highest BCUT2D eigenvalue weighted by molar-refractivity contribution is 5.78. The first kappa shape index (κ1) is 12.0. The molecular weight excluding hydrogens is 236 g/mol. The molecule has 0 atom stereocenters. The van der Waals surface area contributed by atoms with Crippen LogP contribution in [0.4, 0.5) is 0 Å². The average Bonchev–Trinajstić information content (AvgIpc) is 2.84. The Hall–Kier alpha value is -2.09. The van der Waals surface area contributed by atoms with E-state index >= 15 is 0 Å². The van der Waals surface area contributed by atoms with Gasteiger partial charge in [-0.1, -0.05) is 42.5 Å². The molecule has 0 saturated carbocycles. The van der Waals surface area contributed by atoms with Crippen molar-refractivity contribution in [1.82, 2.24) is 0 Å². The molecule has 19 heavy (non-hydrogen) atoms. The first-order chi connectivity index (χ1) is 9.29. The number of methoxy groups -OCH3 is 1. The summed E-state index contributed by atoms with van der Waals surface area (Å²) < 4.78 is 4.71. The summed E-state index contributed by atoms with van der Waals surface area (Å²) in [5.74, 6) is -0.145. The van der Waals surface area contributed by atoms with E-state index < -0.39 is 0 Å². The largest absolute Gasteiger partial charge is 0.469 e. The number of ether oxygens (including phenoxy) is 1. The minimum atomic E-state index is -0.145. The number of aryl methyl sites for hydroxylation is 1. The van der Waals surface area contributed by atoms with Gasteiger partial charge in [0.1, 0.15) is 0 Å². The zero-order valence-electron chi connectivity index (χ0n) is 11.0. The molecule has 0 amide bonds. The van der Waals surface area contributed by atoms with E-state index in [4.69, 9.17) is 4.74 Å². The summed E-state index contributed by atoms with van der Waals surface area (Å²) >= 11 is 0. The minimum Gasteiger partial charge on any atom is -0.469 e. The number of hydrogen-bond donors (Lipinski definition) is 0. The van der Waals surface area contributed by atoms with Crippen molar-refractivity contribution in [3.63, 3.8) is 0 Å². The fourth-order valence-electron chi connectivity index (χ4n) is 2.80. The third-order valence-corrected chi connectivity index (χ3v) is 3.77. The number of fused-ring (bicyclic) bond motifs is 3. The topological polar surface area (TPSA) is 26.3 Å². The highest BCUT2D eigenvalue weighted by Gasteiger charge is 2.20. The molecule has 0 fully saturated rings. The van der Waals surface area contributed by atoms with Crippen LogP contribution < -0.4 is 0 Å². The first-order valence-electron chi connectivity index (χ1n) is 6.55. The maximum Gasteiger partial charge on any atom is 0.305 e. The molecule has 96 valence electrons. The van der Waals surface area contributed by atoms with Crippen molar-refractivity contribution in [3.05, 3.63) is 59.2 Å². The third-order valence-electron chi connectivity index (χ3n) is 3.77. The van der Waals surface area contributed by atoms with E-state index in [1.165, 1.54) is 34.9 Å². The standard InChI is InChI=1S/C17H16O2/c1-19-17(18)10-9-12-6-4-8-15-14-7-3-2-5-13(14)11-16(12)15/h2-8H,9-11H2,1H3. The Bertz CT molecular complexity index is 629. The Morgan fingerprint density at radius 2 is 1.89 bits per heavy atom. The van der Waals surface area contributed by atoms with Crippen LogP contribution in [0.15, 0.2) is 42.5 Å². The van der Waals surface area contributed by atoms with E-state index in [0.717, 1.165) is 12.8 Å². The van der Waals surface area contributed by atoms with Gasteiger partial charge in [-0.05, 0) is 40.7 Å². The summed E-state index contributed by atoms with van der Waals surface area (Å²) in [6, 6.07) is 14.9. The van der Waals surface area contributed by atoms with E-state index in [1.807, 2.05) is 0 Å². The van der Waals surface area contributed by atoms with Crippen molar-refractivity contribution in [2.75, 3.05) is 7.11 Å². The second-order valence-corrected chi connectivity index (χ2v) is 4.85. The third kappa shape index (κ3) is 2.14. The Morgan fingerprint density at radius 1 is 1.11 bits per heavy atom. The van der Waals surface area contributed by atoms with Crippen molar-refractivity contribution in [1.29, 1.82) is 0 Å². The maximum atomic E-state index is 11.3. The molecule has 1 aliphatic rings. The number of esters is 1.